The maximum Gasteiger partial charge on any atom is 0.220 e. The average Bonchev–Trinajstić information content (AvgIpc) is 3.00. The van der Waals surface area contributed by atoms with Gasteiger partial charge in [0.2, 0.25) is 5.91 Å². The SMILES string of the molecule is CCC(CC)C(Br)CNC(=O)CC1CC1. The molecular formula is C12H22BrNO. The average molecular weight is 276 g/mol. The number of rotatable bonds is 7. The first kappa shape index (κ1) is 13.0. The number of carbonyl (C=O) groups excluding carboxylic acids is 1. The summed E-state index contributed by atoms with van der Waals surface area (Å²) in [4.78, 5) is 11.9. The van der Waals surface area contributed by atoms with Crippen molar-refractivity contribution >= 4 is 21.8 Å². The fraction of sp³-hybridized carbons (Fsp3) is 0.917. The monoisotopic (exact) mass is 275 g/mol. The van der Waals surface area contributed by atoms with Gasteiger partial charge < -0.3 is 5.32 Å². The molecule has 0 heterocycles. The summed E-state index contributed by atoms with van der Waals surface area (Å²) in [5.74, 6) is 1.59. The van der Waals surface area contributed by atoms with Gasteiger partial charge in [-0.15, -0.1) is 0 Å². The zero-order chi connectivity index (χ0) is 11.3. The van der Waals surface area contributed by atoms with Crippen molar-refractivity contribution < 1.29 is 4.79 Å². The van der Waals surface area contributed by atoms with E-state index in [9.17, 15) is 4.79 Å². The van der Waals surface area contributed by atoms with Gasteiger partial charge in [-0.25, -0.2) is 0 Å². The lowest BCUT2D eigenvalue weighted by Gasteiger charge is -2.19. The van der Waals surface area contributed by atoms with Crippen LogP contribution >= 0.6 is 15.9 Å². The van der Waals surface area contributed by atoms with Gasteiger partial charge in [-0.3, -0.25) is 4.79 Å². The van der Waals surface area contributed by atoms with E-state index in [1.807, 2.05) is 0 Å². The first-order chi connectivity index (χ1) is 7.17. The number of amides is 1. The van der Waals surface area contributed by atoms with Crippen LogP contribution in [0.25, 0.3) is 0 Å². The Morgan fingerprint density at radius 1 is 1.40 bits per heavy atom. The van der Waals surface area contributed by atoms with Crippen LogP contribution in [0, 0.1) is 11.8 Å². The van der Waals surface area contributed by atoms with E-state index < -0.39 is 0 Å². The Kier molecular flexibility index (Phi) is 5.65. The summed E-state index contributed by atoms with van der Waals surface area (Å²) in [6.45, 7) is 5.18. The van der Waals surface area contributed by atoms with Gasteiger partial charge in [-0.2, -0.15) is 0 Å². The first-order valence-corrected chi connectivity index (χ1v) is 6.99. The topological polar surface area (TPSA) is 29.1 Å². The second-order valence-electron chi connectivity index (χ2n) is 4.54. The molecule has 1 unspecified atom stereocenters. The van der Waals surface area contributed by atoms with Crippen LogP contribution < -0.4 is 5.32 Å². The van der Waals surface area contributed by atoms with E-state index in [0.717, 1.165) is 13.0 Å². The van der Waals surface area contributed by atoms with E-state index in [-0.39, 0.29) is 5.91 Å². The lowest BCUT2D eigenvalue weighted by atomic mass is 9.99. The third kappa shape index (κ3) is 5.01. The van der Waals surface area contributed by atoms with Crippen LogP contribution in [0.5, 0.6) is 0 Å². The summed E-state index contributed by atoms with van der Waals surface area (Å²) in [6, 6.07) is 0. The number of nitrogens with one attached hydrogen (secondary N) is 1. The van der Waals surface area contributed by atoms with Crippen molar-refractivity contribution in [2.24, 2.45) is 11.8 Å². The minimum atomic E-state index is 0.230. The Labute approximate surface area is 101 Å². The fourth-order valence-electron chi connectivity index (χ4n) is 1.83. The predicted molar refractivity (Wildman–Crippen MR) is 67.1 cm³/mol. The molecule has 0 spiro atoms. The van der Waals surface area contributed by atoms with Crippen LogP contribution in [0.1, 0.15) is 46.0 Å². The molecule has 88 valence electrons. The maximum atomic E-state index is 11.5. The summed E-state index contributed by atoms with van der Waals surface area (Å²) in [5, 5.41) is 3.02. The number of carbonyl (C=O) groups is 1. The smallest absolute Gasteiger partial charge is 0.220 e. The lowest BCUT2D eigenvalue weighted by Crippen LogP contribution is -2.33. The molecule has 0 aromatic carbocycles. The molecule has 1 saturated carbocycles. The molecule has 1 N–H and O–H groups in total. The highest BCUT2D eigenvalue weighted by Gasteiger charge is 2.24. The Hall–Kier alpha value is -0.0500. The van der Waals surface area contributed by atoms with Gasteiger partial charge in [0.15, 0.2) is 0 Å². The number of hydrogen-bond donors (Lipinski definition) is 1. The second kappa shape index (κ2) is 6.51. The van der Waals surface area contributed by atoms with Gasteiger partial charge in [0, 0.05) is 17.8 Å². The quantitative estimate of drug-likeness (QED) is 0.711. The highest BCUT2D eigenvalue weighted by molar-refractivity contribution is 9.09. The molecule has 0 bridgehead atoms. The highest BCUT2D eigenvalue weighted by atomic mass is 79.9. The molecule has 2 nitrogen and oxygen atoms in total. The minimum Gasteiger partial charge on any atom is -0.355 e. The van der Waals surface area contributed by atoms with Crippen molar-refractivity contribution in [3.63, 3.8) is 0 Å². The molecule has 1 aliphatic carbocycles. The Bertz CT molecular complexity index is 200. The molecule has 0 aromatic heterocycles. The van der Waals surface area contributed by atoms with Gasteiger partial charge in [0.1, 0.15) is 0 Å². The third-order valence-electron chi connectivity index (χ3n) is 3.23. The van der Waals surface area contributed by atoms with Crippen LogP contribution in [0.4, 0.5) is 0 Å². The van der Waals surface area contributed by atoms with E-state index in [2.05, 4.69) is 35.1 Å². The van der Waals surface area contributed by atoms with E-state index in [1.54, 1.807) is 0 Å². The van der Waals surface area contributed by atoms with Gasteiger partial charge in [0.25, 0.3) is 0 Å². The molecule has 1 fully saturated rings. The van der Waals surface area contributed by atoms with Crippen molar-refractivity contribution in [2.75, 3.05) is 6.54 Å². The Morgan fingerprint density at radius 2 is 2.00 bits per heavy atom. The minimum absolute atomic E-state index is 0.230. The summed E-state index contributed by atoms with van der Waals surface area (Å²) in [5.41, 5.74) is 0. The standard InChI is InChI=1S/C12H22BrNO/c1-3-10(4-2)11(13)8-14-12(15)7-9-5-6-9/h9-11H,3-8H2,1-2H3,(H,14,15). The van der Waals surface area contributed by atoms with Crippen LogP contribution in [-0.2, 0) is 4.79 Å². The molecule has 1 atom stereocenters. The number of alkyl halides is 1. The van der Waals surface area contributed by atoms with Crippen molar-refractivity contribution in [3.05, 3.63) is 0 Å². The summed E-state index contributed by atoms with van der Waals surface area (Å²) < 4.78 is 0. The maximum absolute atomic E-state index is 11.5. The predicted octanol–water partition coefficient (Wildman–Crippen LogP) is 3.10. The van der Waals surface area contributed by atoms with E-state index in [1.165, 1.54) is 25.7 Å². The van der Waals surface area contributed by atoms with Crippen LogP contribution in [0.2, 0.25) is 0 Å². The summed E-state index contributed by atoms with van der Waals surface area (Å²) in [6.07, 6.45) is 5.58. The molecule has 0 saturated heterocycles. The Morgan fingerprint density at radius 3 is 2.47 bits per heavy atom. The van der Waals surface area contributed by atoms with Gasteiger partial charge in [0.05, 0.1) is 0 Å². The normalized spacial score (nSPS) is 17.9. The highest BCUT2D eigenvalue weighted by Crippen LogP contribution is 2.32. The fourth-order valence-corrected chi connectivity index (χ4v) is 2.74. The lowest BCUT2D eigenvalue weighted by molar-refractivity contribution is -0.121. The van der Waals surface area contributed by atoms with Crippen molar-refractivity contribution in [1.82, 2.24) is 5.32 Å². The number of hydrogen-bond acceptors (Lipinski definition) is 1. The molecule has 15 heavy (non-hydrogen) atoms. The van der Waals surface area contributed by atoms with Gasteiger partial charge in [-0.05, 0) is 24.7 Å². The van der Waals surface area contributed by atoms with Gasteiger partial charge in [-0.1, -0.05) is 42.6 Å². The largest absolute Gasteiger partial charge is 0.355 e. The van der Waals surface area contributed by atoms with Crippen molar-refractivity contribution in [2.45, 2.75) is 50.8 Å². The van der Waals surface area contributed by atoms with Crippen molar-refractivity contribution in [1.29, 1.82) is 0 Å². The molecule has 0 radical (unpaired) electrons. The zero-order valence-electron chi connectivity index (χ0n) is 9.76. The molecule has 1 amide bonds. The summed E-state index contributed by atoms with van der Waals surface area (Å²) in [7, 11) is 0. The zero-order valence-corrected chi connectivity index (χ0v) is 11.3. The number of halogens is 1. The van der Waals surface area contributed by atoms with Crippen LogP contribution in [-0.4, -0.2) is 17.3 Å². The molecular weight excluding hydrogens is 254 g/mol. The van der Waals surface area contributed by atoms with Crippen LogP contribution in [0.15, 0.2) is 0 Å². The summed E-state index contributed by atoms with van der Waals surface area (Å²) >= 11 is 3.66. The van der Waals surface area contributed by atoms with Crippen LogP contribution in [0.3, 0.4) is 0 Å². The first-order valence-electron chi connectivity index (χ1n) is 6.08. The molecule has 1 rings (SSSR count). The van der Waals surface area contributed by atoms with E-state index >= 15 is 0 Å². The third-order valence-corrected chi connectivity index (χ3v) is 4.30. The molecule has 0 aliphatic heterocycles. The van der Waals surface area contributed by atoms with Crippen molar-refractivity contribution in [3.8, 4) is 0 Å². The molecule has 1 aliphatic rings. The Balaban J connectivity index is 2.13. The second-order valence-corrected chi connectivity index (χ2v) is 5.72. The van der Waals surface area contributed by atoms with Gasteiger partial charge >= 0.3 is 0 Å². The molecule has 0 aromatic rings. The van der Waals surface area contributed by atoms with E-state index in [4.69, 9.17) is 0 Å². The van der Waals surface area contributed by atoms with E-state index in [0.29, 0.717) is 16.7 Å². The molecule has 3 heteroatoms.